The molecule has 0 spiro atoms. The Hall–Kier alpha value is -1.46. The summed E-state index contributed by atoms with van der Waals surface area (Å²) < 4.78 is 0. The molecule has 0 fully saturated rings. The second kappa shape index (κ2) is 5.25. The third-order valence-electron chi connectivity index (χ3n) is 3.20. The van der Waals surface area contributed by atoms with E-state index < -0.39 is 0 Å². The molecule has 0 aromatic carbocycles. The molecule has 0 aromatic rings. The van der Waals surface area contributed by atoms with Gasteiger partial charge < -0.3 is 9.80 Å². The lowest BCUT2D eigenvalue weighted by atomic mass is 10.5. The van der Waals surface area contributed by atoms with Crippen molar-refractivity contribution in [2.75, 3.05) is 34.9 Å². The van der Waals surface area contributed by atoms with Gasteiger partial charge in [0, 0.05) is 28.2 Å². The predicted octanol–water partition coefficient (Wildman–Crippen LogP) is 0.698. The quantitative estimate of drug-likeness (QED) is 0.624. The van der Waals surface area contributed by atoms with Gasteiger partial charge in [0.05, 0.1) is 0 Å². The van der Waals surface area contributed by atoms with E-state index in [-0.39, 0.29) is 0 Å². The lowest BCUT2D eigenvalue weighted by molar-refractivity contribution is 0.199. The fourth-order valence-electron chi connectivity index (χ4n) is 1.67. The van der Waals surface area contributed by atoms with Crippen LogP contribution >= 0.6 is 0 Å². The monoisotopic (exact) mass is 240 g/mol. The zero-order valence-corrected chi connectivity index (χ0v) is 12.0. The van der Waals surface area contributed by atoms with Crippen LogP contribution in [-0.4, -0.2) is 72.5 Å². The average Bonchev–Trinajstić information content (AvgIpc) is 2.64. The Labute approximate surface area is 104 Å². The minimum absolute atomic E-state index is 0.421. The van der Waals surface area contributed by atoms with E-state index in [9.17, 15) is 0 Å². The zero-order valence-electron chi connectivity index (χ0n) is 12.0. The average molecular weight is 240 g/mol. The molecule has 1 atom stereocenters. The number of hydrogen-bond acceptors (Lipinski definition) is 6. The smallest absolute Gasteiger partial charge is 0.123 e. The first kappa shape index (κ1) is 13.6. The number of rotatable bonds is 0. The van der Waals surface area contributed by atoms with Gasteiger partial charge in [0.15, 0.2) is 0 Å². The molecule has 0 saturated carbocycles. The van der Waals surface area contributed by atoms with Crippen molar-refractivity contribution in [3.63, 3.8) is 0 Å². The van der Waals surface area contributed by atoms with Crippen LogP contribution in [0, 0.1) is 0 Å². The summed E-state index contributed by atoms with van der Waals surface area (Å²) in [5.41, 5.74) is 0. The van der Waals surface area contributed by atoms with Crippen molar-refractivity contribution in [3.8, 4) is 0 Å². The van der Waals surface area contributed by atoms with Crippen molar-refractivity contribution in [1.82, 2.24) is 19.8 Å². The molecule has 0 aromatic heterocycles. The molecule has 0 amide bonds. The van der Waals surface area contributed by atoms with Crippen LogP contribution in [0.4, 0.5) is 0 Å². The molecular formula is C11H24N6. The van der Waals surface area contributed by atoms with Crippen molar-refractivity contribution >= 4 is 11.7 Å². The van der Waals surface area contributed by atoms with Crippen LogP contribution in [0.1, 0.15) is 20.8 Å². The molecule has 2 aliphatic heterocycles. The van der Waals surface area contributed by atoms with Crippen LogP contribution in [0.2, 0.25) is 0 Å². The van der Waals surface area contributed by atoms with Gasteiger partial charge in [-0.25, -0.2) is 0 Å². The fourth-order valence-corrected chi connectivity index (χ4v) is 1.67. The van der Waals surface area contributed by atoms with E-state index in [1.54, 1.807) is 0 Å². The van der Waals surface area contributed by atoms with E-state index in [1.807, 2.05) is 52.1 Å². The van der Waals surface area contributed by atoms with Crippen molar-refractivity contribution in [2.24, 2.45) is 10.2 Å². The number of amidine groups is 2. The zero-order chi connectivity index (χ0) is 13.2. The standard InChI is InChI=1S/C6H13N3.C5H11N3/c1-5-7-9(4)6(2)8(5)3;1-5-6-8(3)4-7(5)2/h6H,1-4H3;4H2,1-3H3/t6-;/m0./s1. The van der Waals surface area contributed by atoms with Gasteiger partial charge in [0.2, 0.25) is 0 Å². The predicted molar refractivity (Wildman–Crippen MR) is 71.6 cm³/mol. The highest BCUT2D eigenvalue weighted by molar-refractivity contribution is 5.80. The number of nitrogens with zero attached hydrogens (tertiary/aromatic N) is 6. The van der Waals surface area contributed by atoms with Gasteiger partial charge in [-0.2, -0.15) is 10.2 Å². The fraction of sp³-hybridized carbons (Fsp3) is 0.818. The van der Waals surface area contributed by atoms with Crippen molar-refractivity contribution in [2.45, 2.75) is 26.9 Å². The largest absolute Gasteiger partial charge is 0.343 e. The van der Waals surface area contributed by atoms with E-state index in [0.29, 0.717) is 6.17 Å². The Kier molecular flexibility index (Phi) is 4.20. The normalized spacial score (nSPS) is 23.6. The molecule has 0 saturated heterocycles. The van der Waals surface area contributed by atoms with Crippen LogP contribution in [0.3, 0.4) is 0 Å². The molecule has 0 N–H and O–H groups in total. The molecule has 98 valence electrons. The molecule has 0 bridgehead atoms. The van der Waals surface area contributed by atoms with Crippen LogP contribution in [0.15, 0.2) is 10.2 Å². The highest BCUT2D eigenvalue weighted by Crippen LogP contribution is 2.10. The summed E-state index contributed by atoms with van der Waals surface area (Å²) >= 11 is 0. The third kappa shape index (κ3) is 3.25. The maximum absolute atomic E-state index is 4.23. The van der Waals surface area contributed by atoms with E-state index in [4.69, 9.17) is 0 Å². The first-order valence-electron chi connectivity index (χ1n) is 5.81. The topological polar surface area (TPSA) is 37.7 Å². The Morgan fingerprint density at radius 3 is 1.71 bits per heavy atom. The Morgan fingerprint density at radius 1 is 1.00 bits per heavy atom. The van der Waals surface area contributed by atoms with Gasteiger partial charge in [-0.3, -0.25) is 10.0 Å². The number of hydrazone groups is 2. The van der Waals surface area contributed by atoms with E-state index in [2.05, 4.69) is 26.9 Å². The molecular weight excluding hydrogens is 216 g/mol. The minimum Gasteiger partial charge on any atom is -0.343 e. The van der Waals surface area contributed by atoms with E-state index in [0.717, 1.165) is 18.3 Å². The first-order chi connectivity index (χ1) is 7.82. The highest BCUT2D eigenvalue weighted by atomic mass is 15.6. The summed E-state index contributed by atoms with van der Waals surface area (Å²) in [5, 5.41) is 12.2. The molecule has 6 nitrogen and oxygen atoms in total. The third-order valence-corrected chi connectivity index (χ3v) is 3.20. The summed E-state index contributed by atoms with van der Waals surface area (Å²) in [6.45, 7) is 7.06. The maximum Gasteiger partial charge on any atom is 0.123 e. The Balaban J connectivity index is 0.000000171. The molecule has 0 radical (unpaired) electrons. The molecule has 17 heavy (non-hydrogen) atoms. The van der Waals surface area contributed by atoms with Gasteiger partial charge in [0.1, 0.15) is 24.5 Å². The summed E-state index contributed by atoms with van der Waals surface area (Å²) in [7, 11) is 8.03. The summed E-state index contributed by atoms with van der Waals surface area (Å²) in [6.07, 6.45) is 0.421. The lowest BCUT2D eigenvalue weighted by Crippen LogP contribution is -2.34. The molecule has 0 unspecified atom stereocenters. The summed E-state index contributed by atoms with van der Waals surface area (Å²) in [6, 6.07) is 0. The minimum atomic E-state index is 0.421. The molecule has 0 aliphatic carbocycles. The van der Waals surface area contributed by atoms with Crippen LogP contribution in [0.25, 0.3) is 0 Å². The molecule has 2 rings (SSSR count). The van der Waals surface area contributed by atoms with Gasteiger partial charge in [0.25, 0.3) is 0 Å². The maximum atomic E-state index is 4.23. The number of hydrogen-bond donors (Lipinski definition) is 0. The van der Waals surface area contributed by atoms with Gasteiger partial charge in [-0.15, -0.1) is 0 Å². The summed E-state index contributed by atoms with van der Waals surface area (Å²) in [5.74, 6) is 2.18. The van der Waals surface area contributed by atoms with Crippen molar-refractivity contribution < 1.29 is 0 Å². The lowest BCUT2D eigenvalue weighted by Gasteiger charge is -2.21. The molecule has 2 heterocycles. The van der Waals surface area contributed by atoms with E-state index in [1.165, 1.54) is 0 Å². The van der Waals surface area contributed by atoms with Crippen molar-refractivity contribution in [3.05, 3.63) is 0 Å². The Bertz CT molecular complexity index is 324. The highest BCUT2D eigenvalue weighted by Gasteiger charge is 2.20. The summed E-state index contributed by atoms with van der Waals surface area (Å²) in [4.78, 5) is 4.24. The van der Waals surface area contributed by atoms with Gasteiger partial charge in [-0.05, 0) is 20.8 Å². The van der Waals surface area contributed by atoms with Crippen LogP contribution < -0.4 is 0 Å². The second-order valence-corrected chi connectivity index (χ2v) is 4.61. The second-order valence-electron chi connectivity index (χ2n) is 4.61. The van der Waals surface area contributed by atoms with Gasteiger partial charge >= 0.3 is 0 Å². The van der Waals surface area contributed by atoms with Crippen molar-refractivity contribution in [1.29, 1.82) is 0 Å². The first-order valence-corrected chi connectivity index (χ1v) is 5.81. The molecule has 6 heteroatoms. The Morgan fingerprint density at radius 2 is 1.59 bits per heavy atom. The molecule has 2 aliphatic rings. The van der Waals surface area contributed by atoms with Crippen LogP contribution in [0.5, 0.6) is 0 Å². The van der Waals surface area contributed by atoms with Crippen LogP contribution in [-0.2, 0) is 0 Å². The van der Waals surface area contributed by atoms with Gasteiger partial charge in [-0.1, -0.05) is 0 Å². The van der Waals surface area contributed by atoms with E-state index >= 15 is 0 Å². The SMILES string of the molecule is CC1=NN(C)CN1C.CC1=NN(C)[C@@H](C)N1C.